The second-order valence-electron chi connectivity index (χ2n) is 5.64. The van der Waals surface area contributed by atoms with Crippen molar-refractivity contribution in [3.63, 3.8) is 0 Å². The van der Waals surface area contributed by atoms with Crippen LogP contribution in [-0.2, 0) is 9.59 Å². The largest absolute Gasteiger partial charge is 0.352 e. The van der Waals surface area contributed by atoms with Crippen molar-refractivity contribution in [2.45, 2.75) is 18.8 Å². The van der Waals surface area contributed by atoms with Gasteiger partial charge in [0.1, 0.15) is 6.33 Å². The van der Waals surface area contributed by atoms with Gasteiger partial charge in [-0.1, -0.05) is 0 Å². The highest BCUT2D eigenvalue weighted by Gasteiger charge is 2.48. The maximum Gasteiger partial charge on any atom is 0.232 e. The van der Waals surface area contributed by atoms with Crippen molar-refractivity contribution in [1.82, 2.24) is 15.3 Å². The van der Waals surface area contributed by atoms with Gasteiger partial charge in [0.05, 0.1) is 17.5 Å². The molecule has 0 spiro atoms. The van der Waals surface area contributed by atoms with Gasteiger partial charge in [-0.25, -0.2) is 14.4 Å². The number of halogens is 1. The maximum absolute atomic E-state index is 14.4. The number of carbonyl (C=O) groups is 2. The lowest BCUT2D eigenvalue weighted by Gasteiger charge is -2.19. The molecule has 2 saturated heterocycles. The number of nitrogens with zero attached hydrogens (tertiary/aromatic N) is 3. The average molecular weight is 276 g/mol. The lowest BCUT2D eigenvalue weighted by Crippen LogP contribution is -2.32. The normalized spacial score (nSPS) is 28.8. The van der Waals surface area contributed by atoms with Crippen LogP contribution in [0.2, 0.25) is 0 Å². The van der Waals surface area contributed by atoms with Gasteiger partial charge < -0.3 is 4.90 Å². The topological polar surface area (TPSA) is 75.2 Å². The minimum atomic E-state index is -0.400. The molecule has 2 aliphatic heterocycles. The molecule has 0 radical (unpaired) electrons. The minimum absolute atomic E-state index is 0.198. The molecule has 1 N–H and O–H groups in total. The summed E-state index contributed by atoms with van der Waals surface area (Å²) in [7, 11) is 0. The van der Waals surface area contributed by atoms with Gasteiger partial charge in [-0.2, -0.15) is 0 Å². The van der Waals surface area contributed by atoms with Gasteiger partial charge >= 0.3 is 0 Å². The molecule has 7 heteroatoms. The number of fused-ring (bicyclic) bond motifs is 1. The molecule has 0 bridgehead atoms. The molecule has 2 atom stereocenters. The fourth-order valence-electron chi connectivity index (χ4n) is 3.05. The molecule has 2 amide bonds. The van der Waals surface area contributed by atoms with Crippen LogP contribution in [-0.4, -0.2) is 34.9 Å². The van der Waals surface area contributed by atoms with Crippen molar-refractivity contribution in [1.29, 1.82) is 0 Å². The number of nitrogens with one attached hydrogen (secondary N) is 1. The van der Waals surface area contributed by atoms with Gasteiger partial charge in [-0.15, -0.1) is 0 Å². The molecule has 1 aromatic rings. The van der Waals surface area contributed by atoms with Crippen molar-refractivity contribution in [3.8, 4) is 0 Å². The molecule has 3 heterocycles. The first-order chi connectivity index (χ1) is 9.65. The molecular weight excluding hydrogens is 263 g/mol. The number of carbonyl (C=O) groups excluding carboxylic acids is 2. The minimum Gasteiger partial charge on any atom is -0.352 e. The second kappa shape index (κ2) is 3.97. The zero-order valence-corrected chi connectivity index (χ0v) is 10.7. The maximum atomic E-state index is 14.4. The SMILES string of the molecule is O=C1NC(=O)C2CN(c3ncnc(C4CC4)c3F)CC12. The fourth-order valence-corrected chi connectivity index (χ4v) is 3.05. The van der Waals surface area contributed by atoms with E-state index in [9.17, 15) is 14.0 Å². The number of rotatable bonds is 2. The number of hydrogen-bond donors (Lipinski definition) is 1. The molecule has 3 fully saturated rings. The Balaban J connectivity index is 1.65. The summed E-state index contributed by atoms with van der Waals surface area (Å²) in [6, 6.07) is 0. The van der Waals surface area contributed by atoms with Crippen molar-refractivity contribution >= 4 is 17.6 Å². The molecule has 0 aromatic carbocycles. The monoisotopic (exact) mass is 276 g/mol. The van der Waals surface area contributed by atoms with Crippen molar-refractivity contribution in [2.24, 2.45) is 11.8 Å². The molecule has 6 nitrogen and oxygen atoms in total. The zero-order valence-electron chi connectivity index (χ0n) is 10.7. The third-order valence-electron chi connectivity index (χ3n) is 4.30. The van der Waals surface area contributed by atoms with E-state index in [0.717, 1.165) is 12.8 Å². The van der Waals surface area contributed by atoms with Crippen LogP contribution in [0, 0.1) is 17.7 Å². The Kier molecular flexibility index (Phi) is 2.33. The first kappa shape index (κ1) is 11.7. The first-order valence-electron chi connectivity index (χ1n) is 6.75. The number of aromatic nitrogens is 2. The van der Waals surface area contributed by atoms with Gasteiger partial charge in [0.2, 0.25) is 11.8 Å². The van der Waals surface area contributed by atoms with E-state index in [2.05, 4.69) is 15.3 Å². The predicted octanol–water partition coefficient (Wildman–Crippen LogP) is 0.202. The molecule has 4 rings (SSSR count). The molecule has 1 aliphatic carbocycles. The highest BCUT2D eigenvalue weighted by molar-refractivity contribution is 6.06. The van der Waals surface area contributed by atoms with Crippen LogP contribution >= 0.6 is 0 Å². The smallest absolute Gasteiger partial charge is 0.232 e. The van der Waals surface area contributed by atoms with E-state index in [1.165, 1.54) is 6.33 Å². The predicted molar refractivity (Wildman–Crippen MR) is 66.3 cm³/mol. The van der Waals surface area contributed by atoms with Crippen LogP contribution in [0.4, 0.5) is 10.2 Å². The summed E-state index contributed by atoms with van der Waals surface area (Å²) in [5.41, 5.74) is 0.461. The van der Waals surface area contributed by atoms with Gasteiger partial charge in [0.15, 0.2) is 11.6 Å². The molecule has 1 aromatic heterocycles. The highest BCUT2D eigenvalue weighted by atomic mass is 19.1. The van der Waals surface area contributed by atoms with Crippen LogP contribution in [0.15, 0.2) is 6.33 Å². The van der Waals surface area contributed by atoms with Crippen LogP contribution in [0.25, 0.3) is 0 Å². The number of anilines is 1. The number of hydrogen-bond acceptors (Lipinski definition) is 5. The van der Waals surface area contributed by atoms with E-state index in [4.69, 9.17) is 0 Å². The Labute approximate surface area is 114 Å². The Hall–Kier alpha value is -2.05. The standard InChI is InChI=1S/C13H13FN4O2/c14-9-10(6-1-2-6)15-5-16-11(9)18-3-7-8(4-18)13(20)17-12(7)19/h5-8H,1-4H2,(H,17,19,20). The van der Waals surface area contributed by atoms with Crippen LogP contribution in [0.5, 0.6) is 0 Å². The Morgan fingerprint density at radius 3 is 2.40 bits per heavy atom. The van der Waals surface area contributed by atoms with Gasteiger partial charge in [0.25, 0.3) is 0 Å². The van der Waals surface area contributed by atoms with E-state index < -0.39 is 5.82 Å². The molecule has 1 saturated carbocycles. The summed E-state index contributed by atoms with van der Waals surface area (Å²) in [5.74, 6) is -1.29. The molecular formula is C13H13FN4O2. The van der Waals surface area contributed by atoms with E-state index in [0.29, 0.717) is 18.8 Å². The van der Waals surface area contributed by atoms with Crippen molar-refractivity contribution < 1.29 is 14.0 Å². The molecule has 20 heavy (non-hydrogen) atoms. The quantitative estimate of drug-likeness (QED) is 0.781. The van der Waals surface area contributed by atoms with E-state index >= 15 is 0 Å². The van der Waals surface area contributed by atoms with Crippen molar-refractivity contribution in [2.75, 3.05) is 18.0 Å². The van der Waals surface area contributed by atoms with Gasteiger partial charge in [-0.05, 0) is 12.8 Å². The van der Waals surface area contributed by atoms with Crippen molar-refractivity contribution in [3.05, 3.63) is 17.8 Å². The number of amides is 2. The van der Waals surface area contributed by atoms with E-state index in [1.807, 2.05) is 0 Å². The average Bonchev–Trinajstić information content (AvgIpc) is 3.10. The highest BCUT2D eigenvalue weighted by Crippen LogP contribution is 2.42. The Morgan fingerprint density at radius 2 is 1.80 bits per heavy atom. The van der Waals surface area contributed by atoms with Gasteiger partial charge in [-0.3, -0.25) is 14.9 Å². The Bertz CT molecular complexity index is 594. The zero-order chi connectivity index (χ0) is 13.9. The van der Waals surface area contributed by atoms with Crippen LogP contribution in [0.3, 0.4) is 0 Å². The molecule has 104 valence electrons. The fraction of sp³-hybridized carbons (Fsp3) is 0.538. The summed E-state index contributed by atoms with van der Waals surface area (Å²) in [5, 5.41) is 2.31. The summed E-state index contributed by atoms with van der Waals surface area (Å²) in [4.78, 5) is 33.0. The number of imide groups is 1. The van der Waals surface area contributed by atoms with E-state index in [-0.39, 0.29) is 35.4 Å². The molecule has 3 aliphatic rings. The first-order valence-corrected chi connectivity index (χ1v) is 6.75. The summed E-state index contributed by atoms with van der Waals surface area (Å²) < 4.78 is 14.4. The van der Waals surface area contributed by atoms with Crippen LogP contribution < -0.4 is 10.2 Å². The summed E-state index contributed by atoms with van der Waals surface area (Å²) >= 11 is 0. The summed E-state index contributed by atoms with van der Waals surface area (Å²) in [6.07, 6.45) is 3.28. The third kappa shape index (κ3) is 1.62. The van der Waals surface area contributed by atoms with Gasteiger partial charge in [0, 0.05) is 19.0 Å². The lowest BCUT2D eigenvalue weighted by atomic mass is 10.00. The lowest BCUT2D eigenvalue weighted by molar-refractivity contribution is -0.126. The summed E-state index contributed by atoms with van der Waals surface area (Å²) in [6.45, 7) is 0.667. The van der Waals surface area contributed by atoms with E-state index in [1.54, 1.807) is 4.90 Å². The molecule has 2 unspecified atom stereocenters. The third-order valence-corrected chi connectivity index (χ3v) is 4.30. The van der Waals surface area contributed by atoms with Crippen LogP contribution in [0.1, 0.15) is 24.5 Å². The Morgan fingerprint density at radius 1 is 1.15 bits per heavy atom. The second-order valence-corrected chi connectivity index (χ2v) is 5.64.